The molecule has 2 aromatic rings. The molecule has 7 heteroatoms. The van der Waals surface area contributed by atoms with Gasteiger partial charge in [-0.05, 0) is 35.1 Å². The number of carbonyl (C=O) groups excluding carboxylic acids is 2. The van der Waals surface area contributed by atoms with Gasteiger partial charge in [0.1, 0.15) is 6.61 Å². The number of likely N-dealkylation sites (tertiary alicyclic amines) is 1. The lowest BCUT2D eigenvalue weighted by molar-refractivity contribution is -0.142. The summed E-state index contributed by atoms with van der Waals surface area (Å²) >= 11 is 0. The highest BCUT2D eigenvalue weighted by Gasteiger charge is 2.37. The topological polar surface area (TPSA) is 95.9 Å². The highest BCUT2D eigenvalue weighted by atomic mass is 16.5. The van der Waals surface area contributed by atoms with Crippen molar-refractivity contribution >= 4 is 18.0 Å². The predicted molar refractivity (Wildman–Crippen MR) is 119 cm³/mol. The third-order valence-electron chi connectivity index (χ3n) is 6.47. The second-order valence-corrected chi connectivity index (χ2v) is 8.80. The van der Waals surface area contributed by atoms with Crippen LogP contribution in [-0.4, -0.2) is 53.7 Å². The first-order valence-corrected chi connectivity index (χ1v) is 11.0. The predicted octanol–water partition coefficient (Wildman–Crippen LogP) is 3.48. The Hall–Kier alpha value is -3.35. The minimum atomic E-state index is -0.877. The molecule has 2 aliphatic rings. The number of hydrogen-bond donors (Lipinski definition) is 2. The number of carboxylic acid groups (broad SMARTS) is 1. The number of benzene rings is 2. The summed E-state index contributed by atoms with van der Waals surface area (Å²) in [6.45, 7) is 4.43. The quantitative estimate of drug-likeness (QED) is 0.723. The van der Waals surface area contributed by atoms with Crippen LogP contribution in [0.25, 0.3) is 11.1 Å². The molecular formula is C25H28N2O5. The highest BCUT2D eigenvalue weighted by Crippen LogP contribution is 2.44. The van der Waals surface area contributed by atoms with Crippen LogP contribution in [0, 0.1) is 11.8 Å². The summed E-state index contributed by atoms with van der Waals surface area (Å²) in [7, 11) is 0. The average molecular weight is 437 g/mol. The Balaban J connectivity index is 1.30. The van der Waals surface area contributed by atoms with Crippen molar-refractivity contribution in [1.29, 1.82) is 0 Å². The van der Waals surface area contributed by atoms with Crippen LogP contribution in [0.2, 0.25) is 0 Å². The Morgan fingerprint density at radius 1 is 1.06 bits per heavy atom. The van der Waals surface area contributed by atoms with Gasteiger partial charge in [0.2, 0.25) is 5.91 Å². The Morgan fingerprint density at radius 2 is 1.66 bits per heavy atom. The number of fused-ring (bicyclic) bond motifs is 3. The van der Waals surface area contributed by atoms with Crippen LogP contribution in [-0.2, 0) is 14.3 Å². The zero-order valence-corrected chi connectivity index (χ0v) is 18.3. The summed E-state index contributed by atoms with van der Waals surface area (Å²) < 4.78 is 5.53. The van der Waals surface area contributed by atoms with Gasteiger partial charge in [-0.2, -0.15) is 0 Å². The molecule has 0 unspecified atom stereocenters. The Morgan fingerprint density at radius 3 is 2.22 bits per heavy atom. The Labute approximate surface area is 187 Å². The SMILES string of the molecule is C[C@H](CC(=O)N1C[C@@H](C)[C@H](C(=O)O)C1)NC(=O)OCC1c2ccccc2-c2ccccc21. The van der Waals surface area contributed by atoms with Crippen molar-refractivity contribution in [3.05, 3.63) is 59.7 Å². The van der Waals surface area contributed by atoms with Gasteiger partial charge in [0, 0.05) is 31.5 Å². The molecule has 0 radical (unpaired) electrons. The van der Waals surface area contributed by atoms with E-state index in [0.29, 0.717) is 6.54 Å². The Bertz CT molecular complexity index is 991. The average Bonchev–Trinajstić information content (AvgIpc) is 3.30. The lowest BCUT2D eigenvalue weighted by Gasteiger charge is -2.20. The molecule has 7 nitrogen and oxygen atoms in total. The lowest BCUT2D eigenvalue weighted by Crippen LogP contribution is -2.39. The van der Waals surface area contributed by atoms with Crippen LogP contribution in [0.3, 0.4) is 0 Å². The number of nitrogens with one attached hydrogen (secondary N) is 1. The van der Waals surface area contributed by atoms with E-state index in [9.17, 15) is 19.5 Å². The molecule has 1 saturated heterocycles. The molecule has 3 atom stereocenters. The van der Waals surface area contributed by atoms with E-state index in [1.54, 1.807) is 11.8 Å². The standard InChI is InChI=1S/C25H28N2O5/c1-15-12-27(13-21(15)24(29)30)23(28)11-16(2)26-25(31)32-14-22-19-9-5-3-7-17(19)18-8-4-6-10-20(18)22/h3-10,15-16,21-22H,11-14H2,1-2H3,(H,26,31)(H,29,30)/t15-,16-,21-/m1/s1. The van der Waals surface area contributed by atoms with Gasteiger partial charge >= 0.3 is 12.1 Å². The second kappa shape index (κ2) is 9.02. The maximum atomic E-state index is 12.5. The first kappa shape index (κ1) is 21.9. The zero-order chi connectivity index (χ0) is 22.8. The third kappa shape index (κ3) is 4.33. The molecule has 1 fully saturated rings. The van der Waals surface area contributed by atoms with Crippen LogP contribution in [0.4, 0.5) is 4.79 Å². The van der Waals surface area contributed by atoms with Gasteiger partial charge in [-0.3, -0.25) is 9.59 Å². The first-order valence-electron chi connectivity index (χ1n) is 11.0. The molecule has 168 valence electrons. The molecule has 1 aliphatic heterocycles. The third-order valence-corrected chi connectivity index (χ3v) is 6.47. The smallest absolute Gasteiger partial charge is 0.407 e. The number of hydrogen-bond acceptors (Lipinski definition) is 4. The second-order valence-electron chi connectivity index (χ2n) is 8.80. The van der Waals surface area contributed by atoms with Crippen LogP contribution < -0.4 is 5.32 Å². The number of ether oxygens (including phenoxy) is 1. The van der Waals surface area contributed by atoms with Gasteiger partial charge in [-0.15, -0.1) is 0 Å². The summed E-state index contributed by atoms with van der Waals surface area (Å²) in [5.41, 5.74) is 4.60. The minimum Gasteiger partial charge on any atom is -0.481 e. The number of carboxylic acids is 1. The van der Waals surface area contributed by atoms with Gasteiger partial charge in [0.15, 0.2) is 0 Å². The minimum absolute atomic E-state index is 0.0240. The molecule has 2 aromatic carbocycles. The maximum absolute atomic E-state index is 12.5. The van der Waals surface area contributed by atoms with E-state index in [1.165, 1.54) is 0 Å². The van der Waals surface area contributed by atoms with Crippen molar-refractivity contribution in [2.24, 2.45) is 11.8 Å². The van der Waals surface area contributed by atoms with Crippen molar-refractivity contribution in [3.63, 3.8) is 0 Å². The van der Waals surface area contributed by atoms with E-state index >= 15 is 0 Å². The van der Waals surface area contributed by atoms with E-state index in [4.69, 9.17) is 4.74 Å². The van der Waals surface area contributed by atoms with Crippen molar-refractivity contribution < 1.29 is 24.2 Å². The van der Waals surface area contributed by atoms with Crippen LogP contribution in [0.1, 0.15) is 37.3 Å². The van der Waals surface area contributed by atoms with E-state index < -0.39 is 24.0 Å². The number of nitrogens with zero attached hydrogens (tertiary/aromatic N) is 1. The molecule has 0 saturated carbocycles. The van der Waals surface area contributed by atoms with Crippen molar-refractivity contribution in [3.8, 4) is 11.1 Å². The number of aliphatic carboxylic acids is 1. The van der Waals surface area contributed by atoms with E-state index in [-0.39, 0.29) is 37.3 Å². The molecule has 1 aliphatic carbocycles. The molecule has 0 aromatic heterocycles. The number of rotatable bonds is 6. The summed E-state index contributed by atoms with van der Waals surface area (Å²) in [6, 6.07) is 15.8. The van der Waals surface area contributed by atoms with Crippen LogP contribution in [0.5, 0.6) is 0 Å². The monoisotopic (exact) mass is 436 g/mol. The molecule has 2 amide bonds. The van der Waals surface area contributed by atoms with E-state index in [0.717, 1.165) is 22.3 Å². The fourth-order valence-electron chi connectivity index (χ4n) is 4.78. The molecule has 4 rings (SSSR count). The molecule has 32 heavy (non-hydrogen) atoms. The Kier molecular flexibility index (Phi) is 6.17. The van der Waals surface area contributed by atoms with Crippen molar-refractivity contribution in [2.75, 3.05) is 19.7 Å². The van der Waals surface area contributed by atoms with Gasteiger partial charge < -0.3 is 20.1 Å². The summed E-state index contributed by atoms with van der Waals surface area (Å²) in [6.07, 6.45) is -0.464. The summed E-state index contributed by atoms with van der Waals surface area (Å²) in [5.74, 6) is -1.68. The molecule has 0 spiro atoms. The largest absolute Gasteiger partial charge is 0.481 e. The first-order chi connectivity index (χ1) is 15.3. The van der Waals surface area contributed by atoms with Gasteiger partial charge in [-0.1, -0.05) is 55.5 Å². The molecular weight excluding hydrogens is 408 g/mol. The fourth-order valence-corrected chi connectivity index (χ4v) is 4.78. The van der Waals surface area contributed by atoms with Gasteiger partial charge in [0.25, 0.3) is 0 Å². The molecule has 0 bridgehead atoms. The zero-order valence-electron chi connectivity index (χ0n) is 18.3. The molecule has 2 N–H and O–H groups in total. The van der Waals surface area contributed by atoms with Gasteiger partial charge in [0.05, 0.1) is 5.92 Å². The summed E-state index contributed by atoms with van der Waals surface area (Å²) in [5, 5.41) is 12.0. The normalized spacial score (nSPS) is 20.4. The van der Waals surface area contributed by atoms with Crippen LogP contribution in [0.15, 0.2) is 48.5 Å². The fraction of sp³-hybridized carbons (Fsp3) is 0.400. The number of carbonyl (C=O) groups is 3. The lowest BCUT2D eigenvalue weighted by atomic mass is 9.98. The summed E-state index contributed by atoms with van der Waals surface area (Å²) in [4.78, 5) is 37.8. The van der Waals surface area contributed by atoms with E-state index in [2.05, 4.69) is 29.6 Å². The molecule has 1 heterocycles. The van der Waals surface area contributed by atoms with Crippen LogP contribution >= 0.6 is 0 Å². The van der Waals surface area contributed by atoms with Gasteiger partial charge in [-0.25, -0.2) is 4.79 Å². The van der Waals surface area contributed by atoms with E-state index in [1.807, 2.05) is 31.2 Å². The van der Waals surface area contributed by atoms with Crippen molar-refractivity contribution in [2.45, 2.75) is 32.2 Å². The van der Waals surface area contributed by atoms with Crippen molar-refractivity contribution in [1.82, 2.24) is 10.2 Å². The maximum Gasteiger partial charge on any atom is 0.407 e. The highest BCUT2D eigenvalue weighted by molar-refractivity contribution is 5.81. The number of amides is 2. The number of alkyl carbamates (subject to hydrolysis) is 1.